The van der Waals surface area contributed by atoms with Crippen LogP contribution in [0.25, 0.3) is 0 Å². The molecule has 0 saturated heterocycles. The number of amides is 3. The first-order chi connectivity index (χ1) is 17.4. The lowest BCUT2D eigenvalue weighted by molar-refractivity contribution is -0.131. The lowest BCUT2D eigenvalue weighted by Crippen LogP contribution is -2.51. The van der Waals surface area contributed by atoms with Crippen molar-refractivity contribution in [2.45, 2.75) is 136 Å². The van der Waals surface area contributed by atoms with Crippen LogP contribution in [0.2, 0.25) is 0 Å². The molecule has 3 amide bonds. The second-order valence-corrected chi connectivity index (χ2v) is 9.61. The van der Waals surface area contributed by atoms with Crippen molar-refractivity contribution in [3.8, 4) is 0 Å². The Morgan fingerprint density at radius 1 is 0.611 bits per heavy atom. The number of carbonyl (C=O) groups is 4. The van der Waals surface area contributed by atoms with E-state index in [1.807, 2.05) is 6.92 Å². The third-order valence-electron chi connectivity index (χ3n) is 6.31. The second-order valence-electron chi connectivity index (χ2n) is 9.61. The van der Waals surface area contributed by atoms with E-state index in [9.17, 15) is 19.2 Å². The molecule has 0 aliphatic heterocycles. The van der Waals surface area contributed by atoms with Crippen molar-refractivity contribution in [2.75, 3.05) is 19.6 Å². The van der Waals surface area contributed by atoms with Crippen LogP contribution in [0.3, 0.4) is 0 Å². The summed E-state index contributed by atoms with van der Waals surface area (Å²) in [6.45, 7) is 10.4. The summed E-state index contributed by atoms with van der Waals surface area (Å²) in [6, 6.07) is -1.20. The maximum Gasteiger partial charge on any atom is 0.243 e. The zero-order valence-electron chi connectivity index (χ0n) is 23.5. The van der Waals surface area contributed by atoms with Crippen LogP contribution in [0.5, 0.6) is 0 Å². The quantitative estimate of drug-likeness (QED) is 0.146. The number of rotatable bonds is 24. The highest BCUT2D eigenvalue weighted by Gasteiger charge is 2.25. The van der Waals surface area contributed by atoms with E-state index < -0.39 is 12.1 Å². The molecule has 0 aromatic carbocycles. The number of carbonyl (C=O) groups excluding carboxylic acids is 4. The minimum atomic E-state index is -0.673. The molecule has 0 spiro atoms. The van der Waals surface area contributed by atoms with Crippen molar-refractivity contribution in [1.82, 2.24) is 21.3 Å². The van der Waals surface area contributed by atoms with E-state index in [2.05, 4.69) is 42.0 Å². The lowest BCUT2D eigenvalue weighted by Gasteiger charge is -2.23. The summed E-state index contributed by atoms with van der Waals surface area (Å²) in [7, 11) is 0. The van der Waals surface area contributed by atoms with Crippen molar-refractivity contribution in [2.24, 2.45) is 0 Å². The highest BCUT2D eigenvalue weighted by Crippen LogP contribution is 2.08. The predicted molar refractivity (Wildman–Crippen MR) is 147 cm³/mol. The molecule has 2 unspecified atom stereocenters. The largest absolute Gasteiger partial charge is 0.356 e. The van der Waals surface area contributed by atoms with Gasteiger partial charge in [-0.1, -0.05) is 53.4 Å². The Balaban J connectivity index is 4.85. The minimum Gasteiger partial charge on any atom is -0.356 e. The average molecular weight is 511 g/mol. The van der Waals surface area contributed by atoms with Crippen LogP contribution in [0, 0.1) is 0 Å². The molecular formula is C28H54N4O4. The van der Waals surface area contributed by atoms with Gasteiger partial charge in [-0.2, -0.15) is 0 Å². The molecule has 8 heteroatoms. The normalized spacial score (nSPS) is 12.6. The van der Waals surface area contributed by atoms with Gasteiger partial charge in [0.2, 0.25) is 17.7 Å². The Kier molecular flexibility index (Phi) is 22.2. The highest BCUT2D eigenvalue weighted by atomic mass is 16.2. The number of hydrogen-bond acceptors (Lipinski definition) is 5. The van der Waals surface area contributed by atoms with Gasteiger partial charge in [-0.3, -0.25) is 19.2 Å². The maximum atomic E-state index is 13.1. The SMILES string of the molecule is CCCCCC(=O)NCCCCC(NC(=O)CCCCC)C(=O)NC(CCCCNCC)C(=O)CC. The zero-order valence-corrected chi connectivity index (χ0v) is 23.5. The first-order valence-electron chi connectivity index (χ1n) is 14.5. The molecule has 210 valence electrons. The molecule has 0 fully saturated rings. The smallest absolute Gasteiger partial charge is 0.243 e. The predicted octanol–water partition coefficient (Wildman–Crippen LogP) is 4.16. The van der Waals surface area contributed by atoms with Crippen molar-refractivity contribution >= 4 is 23.5 Å². The Bertz CT molecular complexity index is 612. The van der Waals surface area contributed by atoms with E-state index in [4.69, 9.17) is 0 Å². The van der Waals surface area contributed by atoms with Crippen LogP contribution in [-0.2, 0) is 19.2 Å². The van der Waals surface area contributed by atoms with Gasteiger partial charge in [0.15, 0.2) is 5.78 Å². The van der Waals surface area contributed by atoms with E-state index in [1.54, 1.807) is 0 Å². The van der Waals surface area contributed by atoms with Crippen LogP contribution in [0.1, 0.15) is 124 Å². The monoisotopic (exact) mass is 510 g/mol. The number of unbranched alkanes of at least 4 members (excludes halogenated alkanes) is 6. The third-order valence-corrected chi connectivity index (χ3v) is 6.31. The van der Waals surface area contributed by atoms with E-state index in [0.29, 0.717) is 45.1 Å². The van der Waals surface area contributed by atoms with Crippen molar-refractivity contribution in [1.29, 1.82) is 0 Å². The fourth-order valence-corrected chi connectivity index (χ4v) is 4.00. The third kappa shape index (κ3) is 18.3. The number of hydrogen-bond donors (Lipinski definition) is 4. The Morgan fingerprint density at radius 3 is 1.78 bits per heavy atom. The van der Waals surface area contributed by atoms with Crippen LogP contribution in [0.15, 0.2) is 0 Å². The molecule has 0 saturated carbocycles. The van der Waals surface area contributed by atoms with E-state index in [-0.39, 0.29) is 23.5 Å². The summed E-state index contributed by atoms with van der Waals surface area (Å²) in [4.78, 5) is 50.0. The first kappa shape index (κ1) is 34.0. The van der Waals surface area contributed by atoms with Gasteiger partial charge >= 0.3 is 0 Å². The van der Waals surface area contributed by atoms with Gasteiger partial charge < -0.3 is 21.3 Å². The number of ketones is 1. The Morgan fingerprint density at radius 2 is 1.19 bits per heavy atom. The summed E-state index contributed by atoms with van der Waals surface area (Å²) in [6.07, 6.45) is 11.4. The minimum absolute atomic E-state index is 0.0191. The van der Waals surface area contributed by atoms with Gasteiger partial charge in [0.25, 0.3) is 0 Å². The molecule has 0 bridgehead atoms. The fraction of sp³-hybridized carbons (Fsp3) is 0.857. The Labute approximate surface area is 219 Å². The molecular weight excluding hydrogens is 456 g/mol. The molecule has 0 radical (unpaired) electrons. The van der Waals surface area contributed by atoms with Crippen molar-refractivity contribution < 1.29 is 19.2 Å². The van der Waals surface area contributed by atoms with Gasteiger partial charge in [0, 0.05) is 25.8 Å². The molecule has 0 aliphatic carbocycles. The Hall–Kier alpha value is -1.96. The van der Waals surface area contributed by atoms with Crippen LogP contribution < -0.4 is 21.3 Å². The fourth-order valence-electron chi connectivity index (χ4n) is 4.00. The summed E-state index contributed by atoms with van der Waals surface area (Å²) in [5, 5.41) is 12.0. The molecule has 0 rings (SSSR count). The first-order valence-corrected chi connectivity index (χ1v) is 14.5. The summed E-state index contributed by atoms with van der Waals surface area (Å²) < 4.78 is 0. The van der Waals surface area contributed by atoms with Gasteiger partial charge in [-0.15, -0.1) is 0 Å². The number of Topliss-reactive ketones (excluding diaryl/α,β-unsaturated/α-hetero) is 1. The van der Waals surface area contributed by atoms with Gasteiger partial charge in [-0.05, 0) is 64.5 Å². The van der Waals surface area contributed by atoms with E-state index in [0.717, 1.165) is 70.9 Å². The molecule has 4 N–H and O–H groups in total. The molecule has 2 atom stereocenters. The molecule has 0 aliphatic rings. The molecule has 8 nitrogen and oxygen atoms in total. The lowest BCUT2D eigenvalue weighted by atomic mass is 10.0. The van der Waals surface area contributed by atoms with E-state index >= 15 is 0 Å². The second kappa shape index (κ2) is 23.4. The number of nitrogens with one attached hydrogen (secondary N) is 4. The highest BCUT2D eigenvalue weighted by molar-refractivity contribution is 5.92. The van der Waals surface area contributed by atoms with Crippen molar-refractivity contribution in [3.05, 3.63) is 0 Å². The molecule has 0 heterocycles. The van der Waals surface area contributed by atoms with Crippen molar-refractivity contribution in [3.63, 3.8) is 0 Å². The van der Waals surface area contributed by atoms with Crippen LogP contribution in [0.4, 0.5) is 0 Å². The summed E-state index contributed by atoms with van der Waals surface area (Å²) in [5.74, 6) is -0.333. The van der Waals surface area contributed by atoms with Crippen LogP contribution >= 0.6 is 0 Å². The topological polar surface area (TPSA) is 116 Å². The summed E-state index contributed by atoms with van der Waals surface area (Å²) in [5.41, 5.74) is 0. The molecule has 0 aromatic rings. The zero-order chi connectivity index (χ0) is 27.0. The standard InChI is InChI=1S/C28H54N4O4/c1-5-9-11-19-26(34)30-22-16-14-18-24(31-27(35)20-12-10-6-2)28(36)32-23(25(33)7-3)17-13-15-21-29-8-4/h23-24,29H,5-22H2,1-4H3,(H,30,34)(H,31,35)(H,32,36). The van der Waals surface area contributed by atoms with E-state index in [1.165, 1.54) is 0 Å². The molecule has 36 heavy (non-hydrogen) atoms. The average Bonchev–Trinajstić information content (AvgIpc) is 2.86. The van der Waals surface area contributed by atoms with Gasteiger partial charge in [-0.25, -0.2) is 0 Å². The summed E-state index contributed by atoms with van der Waals surface area (Å²) >= 11 is 0. The van der Waals surface area contributed by atoms with Crippen LogP contribution in [-0.4, -0.2) is 55.2 Å². The maximum absolute atomic E-state index is 13.1. The molecule has 0 aromatic heterocycles. The van der Waals surface area contributed by atoms with Gasteiger partial charge in [0.1, 0.15) is 6.04 Å². The van der Waals surface area contributed by atoms with Gasteiger partial charge in [0.05, 0.1) is 6.04 Å².